The number of hydrogen-bond donors (Lipinski definition) is 1. The topological polar surface area (TPSA) is 12.0 Å². The predicted octanol–water partition coefficient (Wildman–Crippen LogP) is 3.52. The summed E-state index contributed by atoms with van der Waals surface area (Å²) in [5.74, 6) is 0.336. The average Bonchev–Trinajstić information content (AvgIpc) is 2.00. The monoisotopic (exact) mass is 193 g/mol. The third-order valence-corrected chi connectivity index (χ3v) is 2.84. The lowest BCUT2D eigenvalue weighted by atomic mass is 9.82. The molecule has 1 aliphatic rings. The van der Waals surface area contributed by atoms with Crippen LogP contribution in [-0.4, -0.2) is 5.54 Å². The molecule has 14 heavy (non-hydrogen) atoms. The first-order valence-corrected chi connectivity index (χ1v) is 5.05. The van der Waals surface area contributed by atoms with Crippen molar-refractivity contribution in [1.29, 1.82) is 0 Å². The second-order valence-corrected chi connectivity index (χ2v) is 4.85. The van der Waals surface area contributed by atoms with Gasteiger partial charge in [0.2, 0.25) is 0 Å². The molecular weight excluding hydrogens is 177 g/mol. The second-order valence-electron chi connectivity index (χ2n) is 4.85. The van der Waals surface area contributed by atoms with Gasteiger partial charge in [-0.25, -0.2) is 4.39 Å². The van der Waals surface area contributed by atoms with Gasteiger partial charge in [-0.3, -0.25) is 0 Å². The highest BCUT2D eigenvalue weighted by Gasteiger charge is 2.28. The molecule has 76 valence electrons. The molecule has 1 aromatic rings. The van der Waals surface area contributed by atoms with Crippen LogP contribution in [0.1, 0.15) is 38.7 Å². The van der Waals surface area contributed by atoms with Gasteiger partial charge in [0.25, 0.3) is 0 Å². The lowest BCUT2D eigenvalue weighted by Gasteiger charge is -2.37. The van der Waals surface area contributed by atoms with Gasteiger partial charge in [0.05, 0.1) is 0 Å². The van der Waals surface area contributed by atoms with Gasteiger partial charge in [-0.15, -0.1) is 0 Å². The Hall–Kier alpha value is -1.05. The molecule has 1 atom stereocenters. The van der Waals surface area contributed by atoms with Gasteiger partial charge >= 0.3 is 0 Å². The zero-order valence-electron chi connectivity index (χ0n) is 8.89. The van der Waals surface area contributed by atoms with Crippen molar-refractivity contribution in [2.45, 2.75) is 38.6 Å². The third kappa shape index (κ3) is 1.61. The van der Waals surface area contributed by atoms with Crippen molar-refractivity contribution in [3.63, 3.8) is 0 Å². The summed E-state index contributed by atoms with van der Waals surface area (Å²) in [6.45, 7) is 6.49. The number of hydrogen-bond acceptors (Lipinski definition) is 1. The lowest BCUT2D eigenvalue weighted by molar-refractivity contribution is 0.453. The van der Waals surface area contributed by atoms with Crippen molar-refractivity contribution in [2.75, 3.05) is 5.32 Å². The van der Waals surface area contributed by atoms with Gasteiger partial charge < -0.3 is 5.32 Å². The van der Waals surface area contributed by atoms with Crippen LogP contribution in [0.25, 0.3) is 0 Å². The summed E-state index contributed by atoms with van der Waals surface area (Å²) < 4.78 is 13.0. The summed E-state index contributed by atoms with van der Waals surface area (Å²) in [4.78, 5) is 0. The molecule has 1 N–H and O–H groups in total. The first-order valence-electron chi connectivity index (χ1n) is 5.05. The Balaban J connectivity index is 2.46. The maximum absolute atomic E-state index is 13.0. The SMILES string of the molecule is C[C@@H]1CC(C)(C)Nc2cc(F)ccc21. The molecule has 0 spiro atoms. The zero-order valence-corrected chi connectivity index (χ0v) is 8.89. The molecule has 1 aromatic carbocycles. The molecule has 2 heteroatoms. The van der Waals surface area contributed by atoms with E-state index in [2.05, 4.69) is 26.1 Å². The van der Waals surface area contributed by atoms with Crippen LogP contribution in [0.4, 0.5) is 10.1 Å². The molecule has 0 radical (unpaired) electrons. The van der Waals surface area contributed by atoms with Crippen LogP contribution in [0, 0.1) is 5.82 Å². The normalized spacial score (nSPS) is 23.9. The number of anilines is 1. The van der Waals surface area contributed by atoms with E-state index in [9.17, 15) is 4.39 Å². The summed E-state index contributed by atoms with van der Waals surface area (Å²) in [5, 5.41) is 3.37. The molecule has 2 rings (SSSR count). The summed E-state index contributed by atoms with van der Waals surface area (Å²) in [5.41, 5.74) is 2.25. The first kappa shape index (κ1) is 9.50. The first-order chi connectivity index (χ1) is 6.48. The number of fused-ring (bicyclic) bond motifs is 1. The fraction of sp³-hybridized carbons (Fsp3) is 0.500. The van der Waals surface area contributed by atoms with Crippen LogP contribution in [0.2, 0.25) is 0 Å². The summed E-state index contributed by atoms with van der Waals surface area (Å²) in [6, 6.07) is 5.01. The van der Waals surface area contributed by atoms with E-state index in [1.165, 1.54) is 11.6 Å². The maximum Gasteiger partial charge on any atom is 0.125 e. The van der Waals surface area contributed by atoms with Crippen LogP contribution < -0.4 is 5.32 Å². The lowest BCUT2D eigenvalue weighted by Crippen LogP contribution is -2.36. The van der Waals surface area contributed by atoms with E-state index in [4.69, 9.17) is 0 Å². The minimum absolute atomic E-state index is 0.0697. The number of halogens is 1. The largest absolute Gasteiger partial charge is 0.380 e. The molecule has 1 aliphatic heterocycles. The molecule has 0 saturated carbocycles. The molecule has 0 amide bonds. The Morgan fingerprint density at radius 3 is 2.86 bits per heavy atom. The summed E-state index contributed by atoms with van der Waals surface area (Å²) in [7, 11) is 0. The minimum atomic E-state index is -0.166. The molecular formula is C12H16FN. The van der Waals surface area contributed by atoms with Crippen LogP contribution in [0.5, 0.6) is 0 Å². The number of benzene rings is 1. The highest BCUT2D eigenvalue weighted by atomic mass is 19.1. The zero-order chi connectivity index (χ0) is 10.3. The molecule has 1 heterocycles. The number of rotatable bonds is 0. The van der Waals surface area contributed by atoms with E-state index in [-0.39, 0.29) is 11.4 Å². The smallest absolute Gasteiger partial charge is 0.125 e. The van der Waals surface area contributed by atoms with Crippen LogP contribution in [-0.2, 0) is 0 Å². The standard InChI is InChI=1S/C12H16FN/c1-8-7-12(2,3)14-11-6-9(13)4-5-10(8)11/h4-6,8,14H,7H2,1-3H3/t8-/m1/s1. The summed E-state index contributed by atoms with van der Waals surface area (Å²) >= 11 is 0. The van der Waals surface area contributed by atoms with E-state index in [0.717, 1.165) is 12.1 Å². The quantitative estimate of drug-likeness (QED) is 0.664. The Morgan fingerprint density at radius 2 is 2.14 bits per heavy atom. The van der Waals surface area contributed by atoms with Gasteiger partial charge in [-0.1, -0.05) is 13.0 Å². The molecule has 0 bridgehead atoms. The molecule has 0 fully saturated rings. The fourth-order valence-corrected chi connectivity index (χ4v) is 2.36. The van der Waals surface area contributed by atoms with Crippen LogP contribution in [0.15, 0.2) is 18.2 Å². The third-order valence-electron chi connectivity index (χ3n) is 2.84. The van der Waals surface area contributed by atoms with E-state index in [0.29, 0.717) is 5.92 Å². The fourth-order valence-electron chi connectivity index (χ4n) is 2.36. The Kier molecular flexibility index (Phi) is 2.02. The van der Waals surface area contributed by atoms with E-state index in [1.807, 2.05) is 6.07 Å². The van der Waals surface area contributed by atoms with Gasteiger partial charge in [-0.2, -0.15) is 0 Å². The predicted molar refractivity (Wildman–Crippen MR) is 57.1 cm³/mol. The van der Waals surface area contributed by atoms with Crippen LogP contribution >= 0.6 is 0 Å². The number of nitrogens with one attached hydrogen (secondary N) is 1. The summed E-state index contributed by atoms with van der Waals surface area (Å²) in [6.07, 6.45) is 1.09. The van der Waals surface area contributed by atoms with Crippen molar-refractivity contribution in [1.82, 2.24) is 0 Å². The van der Waals surface area contributed by atoms with Gasteiger partial charge in [0.15, 0.2) is 0 Å². The molecule has 0 unspecified atom stereocenters. The van der Waals surface area contributed by atoms with Crippen molar-refractivity contribution in [3.05, 3.63) is 29.6 Å². The molecule has 0 aromatic heterocycles. The second kappa shape index (κ2) is 2.97. The van der Waals surface area contributed by atoms with E-state index in [1.54, 1.807) is 6.07 Å². The van der Waals surface area contributed by atoms with Crippen molar-refractivity contribution < 1.29 is 4.39 Å². The minimum Gasteiger partial charge on any atom is -0.380 e. The molecule has 1 nitrogen and oxygen atoms in total. The molecule has 0 aliphatic carbocycles. The Labute approximate surface area is 84.3 Å². The van der Waals surface area contributed by atoms with Gasteiger partial charge in [0.1, 0.15) is 5.82 Å². The maximum atomic E-state index is 13.0. The van der Waals surface area contributed by atoms with E-state index < -0.39 is 0 Å². The molecule has 0 saturated heterocycles. The highest BCUT2D eigenvalue weighted by Crippen LogP contribution is 2.38. The average molecular weight is 193 g/mol. The van der Waals surface area contributed by atoms with Gasteiger partial charge in [0, 0.05) is 11.2 Å². The Bertz CT molecular complexity index is 357. The van der Waals surface area contributed by atoms with E-state index >= 15 is 0 Å². The van der Waals surface area contributed by atoms with Crippen molar-refractivity contribution >= 4 is 5.69 Å². The van der Waals surface area contributed by atoms with Gasteiger partial charge in [-0.05, 0) is 43.9 Å². The Morgan fingerprint density at radius 1 is 1.43 bits per heavy atom. The highest BCUT2D eigenvalue weighted by molar-refractivity contribution is 5.56. The van der Waals surface area contributed by atoms with Crippen molar-refractivity contribution in [2.24, 2.45) is 0 Å². The van der Waals surface area contributed by atoms with Crippen LogP contribution in [0.3, 0.4) is 0 Å². The van der Waals surface area contributed by atoms with Crippen molar-refractivity contribution in [3.8, 4) is 0 Å².